The van der Waals surface area contributed by atoms with Crippen LogP contribution in [0.1, 0.15) is 63.5 Å². The second-order valence-corrected chi connectivity index (χ2v) is 11.9. The maximum atomic E-state index is 13.8. The number of hydrogen-bond donors (Lipinski definition) is 6. The van der Waals surface area contributed by atoms with Crippen LogP contribution in [0.15, 0.2) is 71.9 Å². The molecule has 0 spiro atoms. The Morgan fingerprint density at radius 3 is 2.48 bits per heavy atom. The molecule has 44 heavy (non-hydrogen) atoms. The van der Waals surface area contributed by atoms with Gasteiger partial charge in [0.1, 0.15) is 6.04 Å². The number of nitrogens with zero attached hydrogens (tertiary/aromatic N) is 2. The van der Waals surface area contributed by atoms with Gasteiger partial charge in [0.25, 0.3) is 0 Å². The summed E-state index contributed by atoms with van der Waals surface area (Å²) in [5, 5.41) is 10.3. The molecule has 234 valence electrons. The maximum Gasteiger partial charge on any atom is 0.326 e. The first-order chi connectivity index (χ1) is 21.2. The predicted molar refractivity (Wildman–Crippen MR) is 174 cm³/mol. The Hall–Kier alpha value is -4.67. The van der Waals surface area contributed by atoms with Gasteiger partial charge in [0.2, 0.25) is 5.91 Å². The summed E-state index contributed by atoms with van der Waals surface area (Å²) in [6, 6.07) is 14.5. The van der Waals surface area contributed by atoms with E-state index < -0.39 is 6.04 Å². The van der Waals surface area contributed by atoms with Crippen LogP contribution in [-0.4, -0.2) is 63.1 Å². The SMILES string of the molecule is C=C(N)NCCCC[C@@H](C)NC(=O)[C@H](NC(=O)N1CCC(n2c(=O)[nH]c3ccccc32)CC1)[C@@H](C)c1c[nH]c2ccccc12. The van der Waals surface area contributed by atoms with Crippen molar-refractivity contribution in [1.82, 2.24) is 35.4 Å². The number of carbonyl (C=O) groups is 2. The molecule has 7 N–H and O–H groups in total. The number of amides is 3. The molecule has 1 saturated heterocycles. The number of H-pyrrole nitrogens is 2. The van der Waals surface area contributed by atoms with E-state index in [-0.39, 0.29) is 35.6 Å². The summed E-state index contributed by atoms with van der Waals surface area (Å²) in [5.41, 5.74) is 9.08. The lowest BCUT2D eigenvalue weighted by atomic mass is 9.92. The third-order valence-electron chi connectivity index (χ3n) is 8.72. The van der Waals surface area contributed by atoms with E-state index in [0.717, 1.165) is 53.3 Å². The number of rotatable bonds is 12. The van der Waals surface area contributed by atoms with Gasteiger partial charge in [-0.3, -0.25) is 9.36 Å². The zero-order valence-electron chi connectivity index (χ0n) is 25.6. The fourth-order valence-corrected chi connectivity index (χ4v) is 6.29. The molecular formula is C33H44N8O3. The van der Waals surface area contributed by atoms with Crippen molar-refractivity contribution in [2.75, 3.05) is 19.6 Å². The van der Waals surface area contributed by atoms with Gasteiger partial charge in [0.05, 0.1) is 16.9 Å². The molecule has 2 aromatic heterocycles. The van der Waals surface area contributed by atoms with Gasteiger partial charge in [-0.05, 0) is 62.8 Å². The molecule has 0 radical (unpaired) electrons. The Balaban J connectivity index is 1.26. The van der Waals surface area contributed by atoms with Crippen LogP contribution in [0.25, 0.3) is 21.9 Å². The van der Waals surface area contributed by atoms with Crippen molar-refractivity contribution >= 4 is 33.9 Å². The molecule has 5 rings (SSSR count). The van der Waals surface area contributed by atoms with Crippen molar-refractivity contribution in [3.8, 4) is 0 Å². The van der Waals surface area contributed by atoms with E-state index in [9.17, 15) is 14.4 Å². The number of urea groups is 1. The lowest BCUT2D eigenvalue weighted by Crippen LogP contribution is -2.55. The van der Waals surface area contributed by atoms with E-state index in [0.29, 0.717) is 31.8 Å². The number of piperidine rings is 1. The van der Waals surface area contributed by atoms with Crippen LogP contribution in [0.2, 0.25) is 0 Å². The molecule has 3 atom stereocenters. The van der Waals surface area contributed by atoms with Crippen LogP contribution in [-0.2, 0) is 4.79 Å². The van der Waals surface area contributed by atoms with Crippen molar-refractivity contribution in [2.45, 2.75) is 70.0 Å². The summed E-state index contributed by atoms with van der Waals surface area (Å²) in [6.45, 7) is 9.31. The highest BCUT2D eigenvalue weighted by Crippen LogP contribution is 2.29. The fourth-order valence-electron chi connectivity index (χ4n) is 6.29. The van der Waals surface area contributed by atoms with Gasteiger partial charge < -0.3 is 36.6 Å². The zero-order chi connectivity index (χ0) is 31.2. The molecule has 0 saturated carbocycles. The summed E-state index contributed by atoms with van der Waals surface area (Å²) in [6.07, 6.45) is 5.83. The first kappa shape index (κ1) is 30.8. The molecule has 0 unspecified atom stereocenters. The van der Waals surface area contributed by atoms with Crippen molar-refractivity contribution in [3.63, 3.8) is 0 Å². The number of likely N-dealkylation sites (tertiary alicyclic amines) is 1. The van der Waals surface area contributed by atoms with E-state index in [4.69, 9.17) is 5.73 Å². The lowest BCUT2D eigenvalue weighted by molar-refractivity contribution is -0.124. The quantitative estimate of drug-likeness (QED) is 0.136. The van der Waals surface area contributed by atoms with Crippen molar-refractivity contribution in [2.24, 2.45) is 5.73 Å². The highest BCUT2D eigenvalue weighted by molar-refractivity contribution is 5.90. The lowest BCUT2D eigenvalue weighted by Gasteiger charge is -2.34. The van der Waals surface area contributed by atoms with Gasteiger partial charge in [0.15, 0.2) is 0 Å². The number of para-hydroxylation sites is 3. The number of aromatic amines is 2. The number of fused-ring (bicyclic) bond motifs is 2. The van der Waals surface area contributed by atoms with Gasteiger partial charge in [-0.25, -0.2) is 9.59 Å². The predicted octanol–water partition coefficient (Wildman–Crippen LogP) is 4.02. The minimum atomic E-state index is -0.777. The number of hydrogen-bond acceptors (Lipinski definition) is 5. The summed E-state index contributed by atoms with van der Waals surface area (Å²) in [7, 11) is 0. The molecule has 0 aliphatic carbocycles. The van der Waals surface area contributed by atoms with E-state index in [2.05, 4.69) is 32.5 Å². The molecule has 2 aromatic carbocycles. The monoisotopic (exact) mass is 600 g/mol. The number of imidazole rings is 1. The Morgan fingerprint density at radius 1 is 1.02 bits per heavy atom. The maximum absolute atomic E-state index is 13.8. The third-order valence-corrected chi connectivity index (χ3v) is 8.72. The summed E-state index contributed by atoms with van der Waals surface area (Å²) < 4.78 is 1.81. The smallest absolute Gasteiger partial charge is 0.326 e. The standard InChI is InChI=1S/C33H44N8O3/c1-21(10-8-9-17-35-23(3)34)37-31(42)30(22(2)26-20-36-27-12-5-4-11-25(26)27)39-32(43)40-18-15-24(16-19-40)41-29-14-7-6-13-28(29)38-33(41)44/h4-7,11-14,20-22,24,30,35-36H,3,8-10,15-19,34H2,1-2H3,(H,37,42)(H,38,44)(H,39,43)/t21-,22+,30-/m1/s1. The molecule has 1 fully saturated rings. The first-order valence-electron chi connectivity index (χ1n) is 15.5. The second-order valence-electron chi connectivity index (χ2n) is 11.9. The molecule has 1 aliphatic rings. The molecule has 11 heteroatoms. The summed E-state index contributed by atoms with van der Waals surface area (Å²) in [4.78, 5) is 48.1. The second kappa shape index (κ2) is 13.7. The Kier molecular flexibility index (Phi) is 9.62. The van der Waals surface area contributed by atoms with Crippen LogP contribution in [0.3, 0.4) is 0 Å². The number of unbranched alkanes of at least 4 members (excludes halogenated alkanes) is 1. The molecule has 0 bridgehead atoms. The molecule has 4 aromatic rings. The van der Waals surface area contributed by atoms with Gasteiger partial charge in [-0.15, -0.1) is 0 Å². The van der Waals surface area contributed by atoms with E-state index >= 15 is 0 Å². The number of nitrogens with one attached hydrogen (secondary N) is 5. The van der Waals surface area contributed by atoms with E-state index in [1.807, 2.05) is 73.1 Å². The normalized spacial score (nSPS) is 16.0. The molecule has 3 amide bonds. The van der Waals surface area contributed by atoms with Crippen molar-refractivity contribution in [1.29, 1.82) is 0 Å². The van der Waals surface area contributed by atoms with Crippen molar-refractivity contribution < 1.29 is 9.59 Å². The Labute approximate surface area is 257 Å². The highest BCUT2D eigenvalue weighted by Gasteiger charge is 2.33. The summed E-state index contributed by atoms with van der Waals surface area (Å²) >= 11 is 0. The van der Waals surface area contributed by atoms with Gasteiger partial charge in [0, 0.05) is 54.7 Å². The minimum absolute atomic E-state index is 0.00842. The van der Waals surface area contributed by atoms with Crippen LogP contribution in [0.5, 0.6) is 0 Å². The number of benzene rings is 2. The Morgan fingerprint density at radius 2 is 1.73 bits per heavy atom. The molecule has 3 heterocycles. The van der Waals surface area contributed by atoms with Crippen LogP contribution >= 0.6 is 0 Å². The van der Waals surface area contributed by atoms with Crippen molar-refractivity contribution in [3.05, 3.63) is 83.2 Å². The van der Waals surface area contributed by atoms with Gasteiger partial charge >= 0.3 is 11.7 Å². The summed E-state index contributed by atoms with van der Waals surface area (Å²) in [5.74, 6) is -0.0472. The first-order valence-corrected chi connectivity index (χ1v) is 15.5. The largest absolute Gasteiger partial charge is 0.386 e. The highest BCUT2D eigenvalue weighted by atomic mass is 16.2. The molecular weight excluding hydrogens is 556 g/mol. The molecule has 1 aliphatic heterocycles. The third kappa shape index (κ3) is 6.93. The minimum Gasteiger partial charge on any atom is -0.386 e. The number of aromatic nitrogens is 3. The Bertz CT molecular complexity index is 1660. The molecule has 11 nitrogen and oxygen atoms in total. The van der Waals surface area contributed by atoms with E-state index in [1.54, 1.807) is 4.90 Å². The van der Waals surface area contributed by atoms with Crippen LogP contribution < -0.4 is 27.4 Å². The fraction of sp³-hybridized carbons (Fsp3) is 0.424. The van der Waals surface area contributed by atoms with Crippen LogP contribution in [0, 0.1) is 0 Å². The number of nitrogens with two attached hydrogens (primary N) is 1. The van der Waals surface area contributed by atoms with Crippen LogP contribution in [0.4, 0.5) is 4.79 Å². The van der Waals surface area contributed by atoms with Gasteiger partial charge in [-0.2, -0.15) is 0 Å². The van der Waals surface area contributed by atoms with E-state index in [1.165, 1.54) is 0 Å². The van der Waals surface area contributed by atoms with Gasteiger partial charge in [-0.1, -0.05) is 43.8 Å². The average molecular weight is 601 g/mol. The average Bonchev–Trinajstić information content (AvgIpc) is 3.59. The number of carbonyl (C=O) groups excluding carboxylic acids is 2. The topological polar surface area (TPSA) is 153 Å². The zero-order valence-corrected chi connectivity index (χ0v) is 25.6.